The fourth-order valence-corrected chi connectivity index (χ4v) is 2.87. The summed E-state index contributed by atoms with van der Waals surface area (Å²) in [6.45, 7) is 3.15. The van der Waals surface area contributed by atoms with Crippen LogP contribution in [0, 0.1) is 0 Å². The second-order valence-electron chi connectivity index (χ2n) is 5.40. The van der Waals surface area contributed by atoms with Crippen LogP contribution in [0.25, 0.3) is 10.8 Å². The minimum Gasteiger partial charge on any atom is -0.306 e. The highest BCUT2D eigenvalue weighted by Gasteiger charge is 2.11. The molecule has 0 bridgehead atoms. The number of rotatable bonds is 5. The van der Waals surface area contributed by atoms with E-state index < -0.39 is 0 Å². The molecule has 0 aliphatic rings. The van der Waals surface area contributed by atoms with Crippen molar-refractivity contribution in [1.29, 1.82) is 0 Å². The molecule has 0 fully saturated rings. The van der Waals surface area contributed by atoms with Gasteiger partial charge in [0.2, 0.25) is 0 Å². The van der Waals surface area contributed by atoms with Crippen molar-refractivity contribution in [3.63, 3.8) is 0 Å². The first kappa shape index (κ1) is 13.8. The summed E-state index contributed by atoms with van der Waals surface area (Å²) in [5.74, 6) is 0. The molecule has 1 N–H and O–H groups in total. The van der Waals surface area contributed by atoms with Gasteiger partial charge in [-0.1, -0.05) is 79.7 Å². The van der Waals surface area contributed by atoms with Crippen LogP contribution < -0.4 is 5.32 Å². The van der Waals surface area contributed by atoms with E-state index in [9.17, 15) is 0 Å². The number of fused-ring (bicyclic) bond motifs is 1. The van der Waals surface area contributed by atoms with Crippen LogP contribution in [0.2, 0.25) is 0 Å². The van der Waals surface area contributed by atoms with Crippen LogP contribution in [0.4, 0.5) is 0 Å². The molecule has 3 aromatic rings. The Morgan fingerprint density at radius 2 is 1.52 bits per heavy atom. The zero-order valence-corrected chi connectivity index (χ0v) is 12.4. The molecule has 3 rings (SSSR count). The van der Waals surface area contributed by atoms with Crippen molar-refractivity contribution in [3.8, 4) is 0 Å². The van der Waals surface area contributed by atoms with E-state index in [1.54, 1.807) is 0 Å². The molecular formula is C20H21N. The highest BCUT2D eigenvalue weighted by molar-refractivity contribution is 5.86. The van der Waals surface area contributed by atoms with E-state index in [2.05, 4.69) is 85.0 Å². The van der Waals surface area contributed by atoms with Gasteiger partial charge in [-0.3, -0.25) is 0 Å². The standard InChI is InChI=1S/C20H21N/c1-2-20(21-15-16-9-4-3-5-10-16)19-14-8-12-17-11-6-7-13-18(17)19/h3-14,20-21H,2,15H2,1H3. The van der Waals surface area contributed by atoms with Crippen molar-refractivity contribution >= 4 is 10.8 Å². The van der Waals surface area contributed by atoms with Gasteiger partial charge >= 0.3 is 0 Å². The van der Waals surface area contributed by atoms with E-state index in [0.717, 1.165) is 13.0 Å². The van der Waals surface area contributed by atoms with E-state index in [-0.39, 0.29) is 0 Å². The van der Waals surface area contributed by atoms with Gasteiger partial charge < -0.3 is 5.32 Å². The summed E-state index contributed by atoms with van der Waals surface area (Å²) < 4.78 is 0. The summed E-state index contributed by atoms with van der Waals surface area (Å²) in [4.78, 5) is 0. The van der Waals surface area contributed by atoms with Crippen molar-refractivity contribution in [2.24, 2.45) is 0 Å². The van der Waals surface area contributed by atoms with Crippen LogP contribution >= 0.6 is 0 Å². The van der Waals surface area contributed by atoms with E-state index in [0.29, 0.717) is 6.04 Å². The predicted octanol–water partition coefficient (Wildman–Crippen LogP) is 5.08. The van der Waals surface area contributed by atoms with Gasteiger partial charge in [0.15, 0.2) is 0 Å². The molecule has 0 amide bonds. The first-order chi connectivity index (χ1) is 10.4. The fourth-order valence-electron chi connectivity index (χ4n) is 2.87. The van der Waals surface area contributed by atoms with E-state index in [1.165, 1.54) is 21.9 Å². The maximum Gasteiger partial charge on any atom is 0.0326 e. The molecule has 0 saturated heterocycles. The van der Waals surface area contributed by atoms with Crippen LogP contribution in [0.3, 0.4) is 0 Å². The highest BCUT2D eigenvalue weighted by Crippen LogP contribution is 2.26. The minimum absolute atomic E-state index is 0.385. The molecule has 1 atom stereocenters. The largest absolute Gasteiger partial charge is 0.306 e. The van der Waals surface area contributed by atoms with Gasteiger partial charge in [-0.25, -0.2) is 0 Å². The average molecular weight is 275 g/mol. The Morgan fingerprint density at radius 1 is 0.810 bits per heavy atom. The minimum atomic E-state index is 0.385. The lowest BCUT2D eigenvalue weighted by molar-refractivity contribution is 0.522. The molecule has 0 aromatic heterocycles. The van der Waals surface area contributed by atoms with Crippen molar-refractivity contribution < 1.29 is 0 Å². The molecule has 0 spiro atoms. The number of hydrogen-bond acceptors (Lipinski definition) is 1. The molecule has 0 radical (unpaired) electrons. The smallest absolute Gasteiger partial charge is 0.0326 e. The molecule has 1 heteroatoms. The Labute approximate surface area is 126 Å². The van der Waals surface area contributed by atoms with Gasteiger partial charge in [-0.2, -0.15) is 0 Å². The zero-order chi connectivity index (χ0) is 14.5. The molecule has 0 aliphatic heterocycles. The van der Waals surface area contributed by atoms with Crippen LogP contribution in [0.1, 0.15) is 30.5 Å². The molecule has 21 heavy (non-hydrogen) atoms. The lowest BCUT2D eigenvalue weighted by atomic mass is 9.97. The van der Waals surface area contributed by atoms with Crippen LogP contribution in [0.5, 0.6) is 0 Å². The number of nitrogens with one attached hydrogen (secondary N) is 1. The zero-order valence-electron chi connectivity index (χ0n) is 12.4. The fraction of sp³-hybridized carbons (Fsp3) is 0.200. The van der Waals surface area contributed by atoms with Gasteiger partial charge in [0.05, 0.1) is 0 Å². The molecule has 1 unspecified atom stereocenters. The van der Waals surface area contributed by atoms with Crippen molar-refractivity contribution in [2.45, 2.75) is 25.9 Å². The molecule has 1 nitrogen and oxygen atoms in total. The first-order valence-electron chi connectivity index (χ1n) is 7.63. The molecular weight excluding hydrogens is 254 g/mol. The summed E-state index contributed by atoms with van der Waals surface area (Å²) in [5, 5.41) is 6.36. The summed E-state index contributed by atoms with van der Waals surface area (Å²) in [5.41, 5.74) is 2.72. The summed E-state index contributed by atoms with van der Waals surface area (Å²) in [6, 6.07) is 26.2. The Bertz CT molecular complexity index is 698. The third kappa shape index (κ3) is 3.14. The Kier molecular flexibility index (Phi) is 4.32. The molecule has 3 aromatic carbocycles. The molecule has 0 heterocycles. The number of hydrogen-bond donors (Lipinski definition) is 1. The second-order valence-corrected chi connectivity index (χ2v) is 5.40. The van der Waals surface area contributed by atoms with Crippen LogP contribution in [-0.4, -0.2) is 0 Å². The maximum absolute atomic E-state index is 3.69. The van der Waals surface area contributed by atoms with Gasteiger partial charge in [-0.15, -0.1) is 0 Å². The Morgan fingerprint density at radius 3 is 2.33 bits per heavy atom. The quantitative estimate of drug-likeness (QED) is 0.684. The Hall–Kier alpha value is -2.12. The van der Waals surface area contributed by atoms with Crippen molar-refractivity contribution in [2.75, 3.05) is 0 Å². The summed E-state index contributed by atoms with van der Waals surface area (Å²) in [6.07, 6.45) is 1.08. The number of benzene rings is 3. The van der Waals surface area contributed by atoms with Crippen molar-refractivity contribution in [3.05, 3.63) is 83.9 Å². The van der Waals surface area contributed by atoms with Gasteiger partial charge in [0.1, 0.15) is 0 Å². The molecule has 106 valence electrons. The van der Waals surface area contributed by atoms with Gasteiger partial charge in [0.25, 0.3) is 0 Å². The van der Waals surface area contributed by atoms with Gasteiger partial charge in [-0.05, 0) is 28.3 Å². The first-order valence-corrected chi connectivity index (χ1v) is 7.63. The predicted molar refractivity (Wildman–Crippen MR) is 90.3 cm³/mol. The Balaban J connectivity index is 1.85. The SMILES string of the molecule is CCC(NCc1ccccc1)c1cccc2ccccc12. The van der Waals surface area contributed by atoms with Gasteiger partial charge in [0, 0.05) is 12.6 Å². The van der Waals surface area contributed by atoms with Crippen molar-refractivity contribution in [1.82, 2.24) is 5.32 Å². The van der Waals surface area contributed by atoms with Crippen LogP contribution in [-0.2, 0) is 6.54 Å². The topological polar surface area (TPSA) is 12.0 Å². The molecule has 0 saturated carbocycles. The molecule has 0 aliphatic carbocycles. The van der Waals surface area contributed by atoms with E-state index >= 15 is 0 Å². The third-order valence-electron chi connectivity index (χ3n) is 4.00. The maximum atomic E-state index is 3.69. The van der Waals surface area contributed by atoms with E-state index in [1.807, 2.05) is 0 Å². The normalized spacial score (nSPS) is 12.4. The summed E-state index contributed by atoms with van der Waals surface area (Å²) >= 11 is 0. The highest BCUT2D eigenvalue weighted by atomic mass is 14.9. The third-order valence-corrected chi connectivity index (χ3v) is 4.00. The van der Waals surface area contributed by atoms with E-state index in [4.69, 9.17) is 0 Å². The average Bonchev–Trinajstić information content (AvgIpc) is 2.56. The second kappa shape index (κ2) is 6.55. The summed E-state index contributed by atoms with van der Waals surface area (Å²) in [7, 11) is 0. The lowest BCUT2D eigenvalue weighted by Gasteiger charge is -2.19. The lowest BCUT2D eigenvalue weighted by Crippen LogP contribution is -2.20. The van der Waals surface area contributed by atoms with Crippen LogP contribution in [0.15, 0.2) is 72.8 Å². The monoisotopic (exact) mass is 275 g/mol.